The first kappa shape index (κ1) is 16.1. The van der Waals surface area contributed by atoms with Crippen molar-refractivity contribution in [2.45, 2.75) is 13.1 Å². The number of hydrogen-bond acceptors (Lipinski definition) is 3. The van der Waals surface area contributed by atoms with Crippen LogP contribution in [0.15, 0.2) is 54.6 Å². The van der Waals surface area contributed by atoms with Crippen molar-refractivity contribution in [3.8, 4) is 11.3 Å². The molecule has 24 heavy (non-hydrogen) atoms. The molecule has 0 amide bonds. The number of hydrogen-bond donors (Lipinski definition) is 2. The zero-order chi connectivity index (χ0) is 16.9. The van der Waals surface area contributed by atoms with Gasteiger partial charge in [-0.05, 0) is 17.7 Å². The highest BCUT2D eigenvalue weighted by Gasteiger charge is 2.10. The van der Waals surface area contributed by atoms with Gasteiger partial charge in [0.2, 0.25) is 0 Å². The van der Waals surface area contributed by atoms with E-state index < -0.39 is 11.6 Å². The molecule has 2 aromatic carbocycles. The molecular formula is C18H17F2N3O. The quantitative estimate of drug-likeness (QED) is 0.728. The molecular weight excluding hydrogens is 312 g/mol. The molecule has 0 saturated carbocycles. The number of nitrogens with one attached hydrogen (secondary N) is 1. The van der Waals surface area contributed by atoms with Gasteiger partial charge in [0.25, 0.3) is 0 Å². The lowest BCUT2D eigenvalue weighted by Gasteiger charge is -2.09. The third-order valence-corrected chi connectivity index (χ3v) is 3.62. The molecule has 0 aliphatic carbocycles. The smallest absolute Gasteiger partial charge is 0.159 e. The first-order valence-electron chi connectivity index (χ1n) is 7.59. The van der Waals surface area contributed by atoms with Crippen LogP contribution in [0.5, 0.6) is 0 Å². The summed E-state index contributed by atoms with van der Waals surface area (Å²) in [6, 6.07) is 15.3. The molecule has 0 unspecified atom stereocenters. The van der Waals surface area contributed by atoms with Crippen LogP contribution in [0, 0.1) is 11.6 Å². The fourth-order valence-electron chi connectivity index (χ4n) is 2.42. The Morgan fingerprint density at radius 1 is 1.00 bits per heavy atom. The molecule has 3 aromatic rings. The van der Waals surface area contributed by atoms with Crippen molar-refractivity contribution in [3.05, 3.63) is 71.8 Å². The maximum atomic E-state index is 13.3. The second kappa shape index (κ2) is 7.23. The van der Waals surface area contributed by atoms with E-state index in [0.717, 1.165) is 23.4 Å². The zero-order valence-electron chi connectivity index (χ0n) is 12.9. The van der Waals surface area contributed by atoms with Gasteiger partial charge in [-0.3, -0.25) is 0 Å². The third-order valence-electron chi connectivity index (χ3n) is 3.62. The Bertz CT molecular complexity index is 818. The van der Waals surface area contributed by atoms with E-state index in [9.17, 15) is 13.9 Å². The van der Waals surface area contributed by atoms with Crippen LogP contribution >= 0.6 is 0 Å². The van der Waals surface area contributed by atoms with Crippen LogP contribution in [-0.4, -0.2) is 21.5 Å². The molecule has 0 saturated heterocycles. The van der Waals surface area contributed by atoms with Crippen LogP contribution in [-0.2, 0) is 13.1 Å². The van der Waals surface area contributed by atoms with Crippen molar-refractivity contribution < 1.29 is 13.9 Å². The molecule has 6 heteroatoms. The SMILES string of the molecule is OCCn1nc(-c2ccccc2)cc1NCc1ccc(F)c(F)c1. The Kier molecular flexibility index (Phi) is 4.86. The van der Waals surface area contributed by atoms with Gasteiger partial charge in [-0.1, -0.05) is 36.4 Å². The lowest BCUT2D eigenvalue weighted by molar-refractivity contribution is 0.270. The summed E-state index contributed by atoms with van der Waals surface area (Å²) in [6.07, 6.45) is 0. The van der Waals surface area contributed by atoms with Gasteiger partial charge >= 0.3 is 0 Å². The minimum Gasteiger partial charge on any atom is -0.394 e. The van der Waals surface area contributed by atoms with Crippen molar-refractivity contribution >= 4 is 5.82 Å². The van der Waals surface area contributed by atoms with Gasteiger partial charge in [-0.2, -0.15) is 5.10 Å². The molecule has 0 spiro atoms. The van der Waals surface area contributed by atoms with Gasteiger partial charge in [0, 0.05) is 18.2 Å². The standard InChI is InChI=1S/C18H17F2N3O/c19-15-7-6-13(10-16(15)20)12-21-18-11-17(22-23(18)8-9-24)14-4-2-1-3-5-14/h1-7,10-11,21,24H,8-9,12H2. The Hall–Kier alpha value is -2.73. The summed E-state index contributed by atoms with van der Waals surface area (Å²) in [4.78, 5) is 0. The summed E-state index contributed by atoms with van der Waals surface area (Å²) in [7, 11) is 0. The molecule has 0 fully saturated rings. The van der Waals surface area contributed by atoms with E-state index in [1.165, 1.54) is 6.07 Å². The zero-order valence-corrected chi connectivity index (χ0v) is 12.9. The molecule has 2 N–H and O–H groups in total. The fourth-order valence-corrected chi connectivity index (χ4v) is 2.42. The van der Waals surface area contributed by atoms with E-state index in [1.807, 2.05) is 36.4 Å². The summed E-state index contributed by atoms with van der Waals surface area (Å²) >= 11 is 0. The molecule has 1 aromatic heterocycles. The Labute approximate surface area is 138 Å². The summed E-state index contributed by atoms with van der Waals surface area (Å²) in [5.74, 6) is -1.04. The second-order valence-corrected chi connectivity index (χ2v) is 5.33. The molecule has 1 heterocycles. The topological polar surface area (TPSA) is 50.1 Å². The minimum absolute atomic E-state index is 0.0459. The van der Waals surface area contributed by atoms with Gasteiger partial charge in [-0.15, -0.1) is 0 Å². The van der Waals surface area contributed by atoms with E-state index >= 15 is 0 Å². The van der Waals surface area contributed by atoms with Crippen molar-refractivity contribution in [2.24, 2.45) is 0 Å². The number of aromatic nitrogens is 2. The van der Waals surface area contributed by atoms with Gasteiger partial charge < -0.3 is 10.4 Å². The number of rotatable bonds is 6. The number of benzene rings is 2. The monoisotopic (exact) mass is 329 g/mol. The highest BCUT2D eigenvalue weighted by atomic mass is 19.2. The molecule has 0 atom stereocenters. The predicted molar refractivity (Wildman–Crippen MR) is 88.4 cm³/mol. The van der Waals surface area contributed by atoms with Crippen molar-refractivity contribution in [3.63, 3.8) is 0 Å². The van der Waals surface area contributed by atoms with Crippen LogP contribution in [0.4, 0.5) is 14.6 Å². The van der Waals surface area contributed by atoms with Gasteiger partial charge in [0.1, 0.15) is 5.82 Å². The maximum absolute atomic E-state index is 13.3. The van der Waals surface area contributed by atoms with Gasteiger partial charge in [0.15, 0.2) is 11.6 Å². The van der Waals surface area contributed by atoms with Crippen LogP contribution in [0.2, 0.25) is 0 Å². The van der Waals surface area contributed by atoms with E-state index in [1.54, 1.807) is 4.68 Å². The first-order valence-corrected chi connectivity index (χ1v) is 7.59. The molecule has 0 aliphatic rings. The van der Waals surface area contributed by atoms with Gasteiger partial charge in [0.05, 0.1) is 18.8 Å². The molecule has 0 radical (unpaired) electrons. The number of anilines is 1. The van der Waals surface area contributed by atoms with Crippen LogP contribution in [0.3, 0.4) is 0 Å². The first-order chi connectivity index (χ1) is 11.7. The Morgan fingerprint density at radius 2 is 1.79 bits per heavy atom. The fraction of sp³-hybridized carbons (Fsp3) is 0.167. The minimum atomic E-state index is -0.872. The highest BCUT2D eigenvalue weighted by molar-refractivity contribution is 5.63. The predicted octanol–water partition coefficient (Wildman–Crippen LogP) is 3.43. The van der Waals surface area contributed by atoms with Crippen molar-refractivity contribution in [1.82, 2.24) is 9.78 Å². The summed E-state index contributed by atoms with van der Waals surface area (Å²) < 4.78 is 27.9. The summed E-state index contributed by atoms with van der Waals surface area (Å²) in [5, 5.41) is 16.8. The van der Waals surface area contributed by atoms with Gasteiger partial charge in [-0.25, -0.2) is 13.5 Å². The third kappa shape index (κ3) is 3.60. The number of aliphatic hydroxyl groups is 1. The van der Waals surface area contributed by atoms with Crippen molar-refractivity contribution in [2.75, 3.05) is 11.9 Å². The number of aliphatic hydroxyl groups excluding tert-OH is 1. The molecule has 3 rings (SSSR count). The van der Waals surface area contributed by atoms with E-state index in [-0.39, 0.29) is 6.61 Å². The van der Waals surface area contributed by atoms with Crippen LogP contribution in [0.25, 0.3) is 11.3 Å². The molecule has 0 bridgehead atoms. The average molecular weight is 329 g/mol. The Balaban J connectivity index is 1.81. The summed E-state index contributed by atoms with van der Waals surface area (Å²) in [5.41, 5.74) is 2.36. The summed E-state index contributed by atoms with van der Waals surface area (Å²) in [6.45, 7) is 0.616. The van der Waals surface area contributed by atoms with Crippen molar-refractivity contribution in [1.29, 1.82) is 0 Å². The molecule has 4 nitrogen and oxygen atoms in total. The maximum Gasteiger partial charge on any atom is 0.159 e. The highest BCUT2D eigenvalue weighted by Crippen LogP contribution is 2.22. The Morgan fingerprint density at radius 3 is 2.50 bits per heavy atom. The molecule has 0 aliphatic heterocycles. The van der Waals surface area contributed by atoms with E-state index in [4.69, 9.17) is 0 Å². The lowest BCUT2D eigenvalue weighted by Crippen LogP contribution is -2.10. The number of halogens is 2. The normalized spacial score (nSPS) is 10.8. The van der Waals surface area contributed by atoms with Crippen LogP contribution < -0.4 is 5.32 Å². The lowest BCUT2D eigenvalue weighted by atomic mass is 10.1. The van der Waals surface area contributed by atoms with E-state index in [2.05, 4.69) is 10.4 Å². The largest absolute Gasteiger partial charge is 0.394 e. The second-order valence-electron chi connectivity index (χ2n) is 5.33. The number of nitrogens with zero attached hydrogens (tertiary/aromatic N) is 2. The van der Waals surface area contributed by atoms with Crippen LogP contribution in [0.1, 0.15) is 5.56 Å². The average Bonchev–Trinajstić information content (AvgIpc) is 3.00. The molecule has 124 valence electrons. The van der Waals surface area contributed by atoms with E-state index in [0.29, 0.717) is 24.5 Å².